The van der Waals surface area contributed by atoms with Crippen LogP contribution < -0.4 is 0 Å². The van der Waals surface area contributed by atoms with Crippen molar-refractivity contribution >= 4 is 10.4 Å². The van der Waals surface area contributed by atoms with E-state index in [0.717, 1.165) is 44.9 Å². The molecular formula is C12H25O5S-. The van der Waals surface area contributed by atoms with E-state index in [0.29, 0.717) is 12.8 Å². The number of rotatable bonds is 12. The van der Waals surface area contributed by atoms with Crippen LogP contribution >= 0.6 is 0 Å². The van der Waals surface area contributed by atoms with E-state index >= 15 is 0 Å². The molecule has 0 aromatic heterocycles. The van der Waals surface area contributed by atoms with Gasteiger partial charge >= 0.3 is 0 Å². The maximum Gasteiger partial charge on any atom is 0.217 e. The zero-order valence-corrected chi connectivity index (χ0v) is 12.0. The summed E-state index contributed by atoms with van der Waals surface area (Å²) in [5, 5.41) is 8.61. The average molecular weight is 281 g/mol. The second-order valence-corrected chi connectivity index (χ2v) is 5.56. The van der Waals surface area contributed by atoms with Gasteiger partial charge in [0.1, 0.15) is 0 Å². The summed E-state index contributed by atoms with van der Waals surface area (Å²) >= 11 is 0. The van der Waals surface area contributed by atoms with Gasteiger partial charge in [0.2, 0.25) is 10.4 Å². The molecule has 0 amide bonds. The lowest BCUT2D eigenvalue weighted by Crippen LogP contribution is -2.17. The molecule has 0 aromatic rings. The molecule has 0 aliphatic carbocycles. The zero-order chi connectivity index (χ0) is 13.9. The van der Waals surface area contributed by atoms with E-state index in [9.17, 15) is 13.0 Å². The Morgan fingerprint density at radius 1 is 1.06 bits per heavy atom. The van der Waals surface area contributed by atoms with Crippen molar-refractivity contribution in [2.75, 3.05) is 6.61 Å². The first-order valence-electron chi connectivity index (χ1n) is 6.74. The Bertz CT molecular complexity index is 276. The Balaban J connectivity index is 3.64. The number of unbranched alkanes of at least 4 members (excludes halogenated alkanes) is 5. The van der Waals surface area contributed by atoms with Gasteiger partial charge in [-0.2, -0.15) is 0 Å². The molecule has 110 valence electrons. The molecule has 0 radical (unpaired) electrons. The Morgan fingerprint density at radius 2 is 1.61 bits per heavy atom. The second-order valence-electron chi connectivity index (χ2n) is 4.55. The summed E-state index contributed by atoms with van der Waals surface area (Å²) in [6.07, 6.45) is 7.47. The molecule has 0 saturated carbocycles. The molecule has 0 saturated heterocycles. The minimum atomic E-state index is -4.58. The van der Waals surface area contributed by atoms with Gasteiger partial charge < -0.3 is 9.66 Å². The van der Waals surface area contributed by atoms with Crippen LogP contribution in [0, 0.1) is 0 Å². The first kappa shape index (κ1) is 17.8. The highest BCUT2D eigenvalue weighted by molar-refractivity contribution is 7.80. The van der Waals surface area contributed by atoms with Crippen LogP contribution in [0.1, 0.15) is 64.7 Å². The van der Waals surface area contributed by atoms with Crippen LogP contribution in [0.5, 0.6) is 0 Å². The summed E-state index contributed by atoms with van der Waals surface area (Å²) < 4.78 is 36.1. The minimum absolute atomic E-state index is 0.244. The van der Waals surface area contributed by atoms with E-state index in [-0.39, 0.29) is 6.61 Å². The fraction of sp³-hybridized carbons (Fsp3) is 1.00. The van der Waals surface area contributed by atoms with Gasteiger partial charge in [0.25, 0.3) is 0 Å². The van der Waals surface area contributed by atoms with Gasteiger partial charge in [-0.1, -0.05) is 45.4 Å². The summed E-state index contributed by atoms with van der Waals surface area (Å²) in [6.45, 7) is 2.18. The Labute approximate surface area is 110 Å². The first-order valence-corrected chi connectivity index (χ1v) is 8.08. The predicted molar refractivity (Wildman–Crippen MR) is 68.9 cm³/mol. The first-order chi connectivity index (χ1) is 8.49. The van der Waals surface area contributed by atoms with Gasteiger partial charge in [-0.05, 0) is 19.3 Å². The molecule has 1 unspecified atom stereocenters. The summed E-state index contributed by atoms with van der Waals surface area (Å²) in [6, 6.07) is 0. The largest absolute Gasteiger partial charge is 0.726 e. The monoisotopic (exact) mass is 281 g/mol. The van der Waals surface area contributed by atoms with E-state index in [2.05, 4.69) is 4.18 Å². The smallest absolute Gasteiger partial charge is 0.217 e. The molecule has 0 spiro atoms. The Hall–Kier alpha value is -0.170. The SMILES string of the molecule is CCCC(CCCCCCCCO)OS(=O)(=O)[O-]. The molecular weight excluding hydrogens is 256 g/mol. The average Bonchev–Trinajstić information content (AvgIpc) is 2.26. The molecule has 1 atom stereocenters. The number of aliphatic hydroxyl groups excluding tert-OH is 1. The van der Waals surface area contributed by atoms with Crippen molar-refractivity contribution in [2.24, 2.45) is 0 Å². The van der Waals surface area contributed by atoms with Crippen LogP contribution in [0.4, 0.5) is 0 Å². The maximum atomic E-state index is 10.5. The van der Waals surface area contributed by atoms with Gasteiger partial charge in [0.15, 0.2) is 0 Å². The van der Waals surface area contributed by atoms with Crippen LogP contribution in [0.15, 0.2) is 0 Å². The molecule has 0 heterocycles. The molecule has 0 aromatic carbocycles. The van der Waals surface area contributed by atoms with E-state index in [4.69, 9.17) is 5.11 Å². The Morgan fingerprint density at radius 3 is 2.11 bits per heavy atom. The summed E-state index contributed by atoms with van der Waals surface area (Å²) in [5.74, 6) is 0. The second kappa shape index (κ2) is 10.7. The molecule has 0 rings (SSSR count). The third-order valence-electron chi connectivity index (χ3n) is 2.80. The highest BCUT2D eigenvalue weighted by Gasteiger charge is 2.11. The summed E-state index contributed by atoms with van der Waals surface area (Å²) in [4.78, 5) is 0. The van der Waals surface area contributed by atoms with Gasteiger partial charge in [-0.15, -0.1) is 0 Å². The summed E-state index contributed by atoms with van der Waals surface area (Å²) in [5.41, 5.74) is 0. The van der Waals surface area contributed by atoms with Gasteiger partial charge in [0, 0.05) is 6.61 Å². The van der Waals surface area contributed by atoms with E-state index in [1.807, 2.05) is 6.92 Å². The van der Waals surface area contributed by atoms with E-state index in [1.54, 1.807) is 0 Å². The highest BCUT2D eigenvalue weighted by atomic mass is 32.3. The third-order valence-corrected chi connectivity index (χ3v) is 3.31. The molecule has 18 heavy (non-hydrogen) atoms. The van der Waals surface area contributed by atoms with Crippen molar-refractivity contribution in [3.63, 3.8) is 0 Å². The third kappa shape index (κ3) is 12.3. The normalized spacial score (nSPS) is 13.7. The van der Waals surface area contributed by atoms with E-state index < -0.39 is 16.5 Å². The number of aliphatic hydroxyl groups is 1. The molecule has 0 aliphatic heterocycles. The van der Waals surface area contributed by atoms with Crippen molar-refractivity contribution in [3.8, 4) is 0 Å². The predicted octanol–water partition coefficient (Wildman–Crippen LogP) is 2.35. The lowest BCUT2D eigenvalue weighted by Gasteiger charge is -2.18. The number of hydrogen-bond acceptors (Lipinski definition) is 5. The maximum absolute atomic E-state index is 10.5. The van der Waals surface area contributed by atoms with Crippen molar-refractivity contribution in [3.05, 3.63) is 0 Å². The molecule has 0 bridgehead atoms. The van der Waals surface area contributed by atoms with Crippen molar-refractivity contribution < 1.29 is 22.3 Å². The molecule has 1 N–H and O–H groups in total. The fourth-order valence-electron chi connectivity index (χ4n) is 1.92. The van der Waals surface area contributed by atoms with Crippen LogP contribution in [0.2, 0.25) is 0 Å². The number of hydrogen-bond donors (Lipinski definition) is 1. The highest BCUT2D eigenvalue weighted by Crippen LogP contribution is 2.15. The van der Waals surface area contributed by atoms with Crippen molar-refractivity contribution in [2.45, 2.75) is 70.8 Å². The van der Waals surface area contributed by atoms with Crippen LogP contribution in [-0.2, 0) is 14.6 Å². The van der Waals surface area contributed by atoms with Crippen molar-refractivity contribution in [1.82, 2.24) is 0 Å². The quantitative estimate of drug-likeness (QED) is 0.337. The van der Waals surface area contributed by atoms with Gasteiger partial charge in [-0.3, -0.25) is 4.18 Å². The topological polar surface area (TPSA) is 86.7 Å². The molecule has 5 nitrogen and oxygen atoms in total. The Kier molecular flexibility index (Phi) is 10.6. The van der Waals surface area contributed by atoms with Crippen LogP contribution in [0.3, 0.4) is 0 Å². The fourth-order valence-corrected chi connectivity index (χ4v) is 2.45. The molecule has 0 fully saturated rings. The van der Waals surface area contributed by atoms with Gasteiger partial charge in [-0.25, -0.2) is 8.42 Å². The zero-order valence-electron chi connectivity index (χ0n) is 11.1. The standard InChI is InChI=1S/C12H26O5S/c1-2-9-12(17-18(14,15)16)10-7-5-3-4-6-8-11-13/h12-13H,2-11H2,1H3,(H,14,15,16)/p-1. The van der Waals surface area contributed by atoms with E-state index in [1.165, 1.54) is 0 Å². The van der Waals surface area contributed by atoms with Crippen LogP contribution in [-0.4, -0.2) is 30.8 Å². The van der Waals surface area contributed by atoms with Crippen molar-refractivity contribution in [1.29, 1.82) is 0 Å². The molecule has 0 aliphatic rings. The van der Waals surface area contributed by atoms with Crippen LogP contribution in [0.25, 0.3) is 0 Å². The lowest BCUT2D eigenvalue weighted by atomic mass is 10.0. The van der Waals surface area contributed by atoms with Gasteiger partial charge in [0.05, 0.1) is 6.10 Å². The molecule has 6 heteroatoms. The lowest BCUT2D eigenvalue weighted by molar-refractivity contribution is 0.157. The minimum Gasteiger partial charge on any atom is -0.726 e. The summed E-state index contributed by atoms with van der Waals surface area (Å²) in [7, 11) is -4.58.